The number of hydrogen-bond acceptors (Lipinski definition) is 3. The molecule has 1 aromatic carbocycles. The Balaban J connectivity index is 1.81. The molecule has 1 aromatic heterocycles. The van der Waals surface area contributed by atoms with E-state index in [-0.39, 0.29) is 0 Å². The summed E-state index contributed by atoms with van der Waals surface area (Å²) in [6, 6.07) is 8.95. The molecule has 2 aromatic rings. The smallest absolute Gasteiger partial charge is 0.110 e. The number of hydrogen-bond donors (Lipinski definition) is 0. The molecule has 0 radical (unpaired) electrons. The zero-order chi connectivity index (χ0) is 13.9. The monoisotopic (exact) mass is 350 g/mol. The summed E-state index contributed by atoms with van der Waals surface area (Å²) in [6.07, 6.45) is 3.78. The van der Waals surface area contributed by atoms with Crippen LogP contribution in [-0.4, -0.2) is 23.0 Å². The Kier molecular flexibility index (Phi) is 4.54. The first kappa shape index (κ1) is 14.2. The van der Waals surface area contributed by atoms with Gasteiger partial charge in [-0.2, -0.15) is 0 Å². The van der Waals surface area contributed by atoms with Crippen molar-refractivity contribution in [2.45, 2.75) is 32.2 Å². The summed E-state index contributed by atoms with van der Waals surface area (Å²) in [6.45, 7) is 4.67. The maximum atomic E-state index is 4.89. The number of likely N-dealkylation sites (tertiary alicyclic amines) is 1. The Morgan fingerprint density at radius 3 is 2.90 bits per heavy atom. The van der Waals surface area contributed by atoms with Crippen LogP contribution < -0.4 is 0 Å². The van der Waals surface area contributed by atoms with Crippen molar-refractivity contribution in [3.63, 3.8) is 0 Å². The highest BCUT2D eigenvalue weighted by Gasteiger charge is 2.27. The summed E-state index contributed by atoms with van der Waals surface area (Å²) in [7, 11) is 0. The minimum atomic E-state index is 0.546. The van der Waals surface area contributed by atoms with Crippen LogP contribution in [0.15, 0.2) is 34.1 Å². The minimum Gasteiger partial charge on any atom is -0.294 e. The lowest BCUT2D eigenvalue weighted by Crippen LogP contribution is -2.23. The summed E-state index contributed by atoms with van der Waals surface area (Å²) >= 11 is 5.29. The molecule has 0 bridgehead atoms. The predicted molar refractivity (Wildman–Crippen MR) is 89.1 cm³/mol. The molecular formula is C16H19BrN2S. The molecule has 1 aliphatic heterocycles. The van der Waals surface area contributed by atoms with E-state index in [1.165, 1.54) is 42.9 Å². The highest BCUT2D eigenvalue weighted by atomic mass is 79.9. The summed E-state index contributed by atoms with van der Waals surface area (Å²) < 4.78 is 1.11. The molecule has 3 rings (SSSR count). The van der Waals surface area contributed by atoms with E-state index in [0.717, 1.165) is 10.2 Å². The van der Waals surface area contributed by atoms with Crippen LogP contribution >= 0.6 is 27.3 Å². The van der Waals surface area contributed by atoms with Crippen LogP contribution in [0.25, 0.3) is 11.3 Å². The molecule has 0 N–H and O–H groups in total. The third-order valence-electron chi connectivity index (χ3n) is 3.82. The van der Waals surface area contributed by atoms with Crippen molar-refractivity contribution in [1.82, 2.24) is 9.88 Å². The van der Waals surface area contributed by atoms with E-state index in [4.69, 9.17) is 4.98 Å². The lowest BCUT2D eigenvalue weighted by Gasteiger charge is -2.21. The molecule has 2 nitrogen and oxygen atoms in total. The molecule has 4 heteroatoms. The van der Waals surface area contributed by atoms with Crippen LogP contribution in [0.1, 0.15) is 37.2 Å². The molecule has 1 unspecified atom stereocenters. The molecule has 0 aliphatic carbocycles. The molecule has 0 saturated carbocycles. The highest BCUT2D eigenvalue weighted by molar-refractivity contribution is 9.10. The van der Waals surface area contributed by atoms with Crippen molar-refractivity contribution in [2.24, 2.45) is 0 Å². The van der Waals surface area contributed by atoms with E-state index < -0.39 is 0 Å². The van der Waals surface area contributed by atoms with Crippen molar-refractivity contribution >= 4 is 27.3 Å². The maximum Gasteiger partial charge on any atom is 0.110 e. The summed E-state index contributed by atoms with van der Waals surface area (Å²) in [5.74, 6) is 0. The Morgan fingerprint density at radius 1 is 1.35 bits per heavy atom. The largest absolute Gasteiger partial charge is 0.294 e. The van der Waals surface area contributed by atoms with Crippen molar-refractivity contribution in [3.8, 4) is 11.3 Å². The van der Waals surface area contributed by atoms with Crippen LogP contribution in [0.3, 0.4) is 0 Å². The van der Waals surface area contributed by atoms with E-state index >= 15 is 0 Å². The van der Waals surface area contributed by atoms with Crippen LogP contribution in [0, 0.1) is 0 Å². The Morgan fingerprint density at radius 2 is 2.15 bits per heavy atom. The molecule has 1 saturated heterocycles. The number of aromatic nitrogens is 1. The third kappa shape index (κ3) is 2.97. The second kappa shape index (κ2) is 6.37. The molecule has 0 spiro atoms. The van der Waals surface area contributed by atoms with Gasteiger partial charge in [-0.15, -0.1) is 11.3 Å². The second-order valence-electron chi connectivity index (χ2n) is 5.27. The molecule has 1 fully saturated rings. The summed E-state index contributed by atoms with van der Waals surface area (Å²) in [5, 5.41) is 3.48. The zero-order valence-electron chi connectivity index (χ0n) is 11.7. The fraction of sp³-hybridized carbons (Fsp3) is 0.438. The molecule has 2 heterocycles. The number of halogens is 1. The van der Waals surface area contributed by atoms with Gasteiger partial charge in [0.15, 0.2) is 0 Å². The van der Waals surface area contributed by atoms with E-state index in [0.29, 0.717) is 6.04 Å². The van der Waals surface area contributed by atoms with Crippen LogP contribution in [-0.2, 0) is 0 Å². The number of thiazole rings is 1. The predicted octanol–water partition coefficient (Wildman–Crippen LogP) is 5.12. The van der Waals surface area contributed by atoms with Gasteiger partial charge in [0, 0.05) is 15.4 Å². The van der Waals surface area contributed by atoms with Gasteiger partial charge in [0.05, 0.1) is 11.7 Å². The van der Waals surface area contributed by atoms with Gasteiger partial charge in [0.25, 0.3) is 0 Å². The molecule has 0 amide bonds. The topological polar surface area (TPSA) is 16.1 Å². The quantitative estimate of drug-likeness (QED) is 0.760. The molecule has 1 aliphatic rings. The molecule has 20 heavy (non-hydrogen) atoms. The summed E-state index contributed by atoms with van der Waals surface area (Å²) in [4.78, 5) is 7.47. The first-order valence-electron chi connectivity index (χ1n) is 7.23. The zero-order valence-corrected chi connectivity index (χ0v) is 14.1. The minimum absolute atomic E-state index is 0.546. The number of benzene rings is 1. The Bertz CT molecular complexity index is 564. The number of nitrogens with zero attached hydrogens (tertiary/aromatic N) is 2. The van der Waals surface area contributed by atoms with Crippen LogP contribution in [0.5, 0.6) is 0 Å². The average molecular weight is 351 g/mol. The molecular weight excluding hydrogens is 332 g/mol. The Labute approximate surface area is 133 Å². The van der Waals surface area contributed by atoms with Gasteiger partial charge >= 0.3 is 0 Å². The van der Waals surface area contributed by atoms with Gasteiger partial charge in [0.2, 0.25) is 0 Å². The van der Waals surface area contributed by atoms with Gasteiger partial charge in [-0.05, 0) is 44.5 Å². The number of rotatable bonds is 4. The van der Waals surface area contributed by atoms with Gasteiger partial charge < -0.3 is 0 Å². The first-order valence-corrected chi connectivity index (χ1v) is 8.90. The van der Waals surface area contributed by atoms with Gasteiger partial charge in [-0.3, -0.25) is 4.90 Å². The summed E-state index contributed by atoms with van der Waals surface area (Å²) in [5.41, 5.74) is 2.32. The standard InChI is InChI=1S/C16H19BrN2S/c1-2-9-19-10-3-4-15(19)16-18-14(11-20-16)12-5-7-13(17)8-6-12/h5-8,11,15H,2-4,9-10H2,1H3. The average Bonchev–Trinajstić information content (AvgIpc) is 3.08. The van der Waals surface area contributed by atoms with E-state index in [1.807, 2.05) is 11.3 Å². The second-order valence-corrected chi connectivity index (χ2v) is 7.08. The highest BCUT2D eigenvalue weighted by Crippen LogP contribution is 2.35. The molecule has 1 atom stereocenters. The molecule has 106 valence electrons. The van der Waals surface area contributed by atoms with E-state index in [1.54, 1.807) is 0 Å². The van der Waals surface area contributed by atoms with Crippen molar-refractivity contribution in [1.29, 1.82) is 0 Å². The van der Waals surface area contributed by atoms with Gasteiger partial charge in [-0.1, -0.05) is 35.0 Å². The maximum absolute atomic E-state index is 4.89. The SMILES string of the molecule is CCCN1CCCC1c1nc(-c2ccc(Br)cc2)cs1. The lowest BCUT2D eigenvalue weighted by atomic mass is 10.2. The van der Waals surface area contributed by atoms with Crippen LogP contribution in [0.4, 0.5) is 0 Å². The Hall–Kier alpha value is -0.710. The van der Waals surface area contributed by atoms with Crippen LogP contribution in [0.2, 0.25) is 0 Å². The lowest BCUT2D eigenvalue weighted by molar-refractivity contribution is 0.257. The van der Waals surface area contributed by atoms with Crippen molar-refractivity contribution < 1.29 is 0 Å². The third-order valence-corrected chi connectivity index (χ3v) is 5.30. The van der Waals surface area contributed by atoms with Gasteiger partial charge in [-0.25, -0.2) is 4.98 Å². The normalized spacial score (nSPS) is 19.6. The fourth-order valence-electron chi connectivity index (χ4n) is 2.85. The van der Waals surface area contributed by atoms with Gasteiger partial charge in [0.1, 0.15) is 5.01 Å². The van der Waals surface area contributed by atoms with E-state index in [2.05, 4.69) is 57.4 Å². The van der Waals surface area contributed by atoms with E-state index in [9.17, 15) is 0 Å². The first-order chi connectivity index (χ1) is 9.78. The van der Waals surface area contributed by atoms with Crippen molar-refractivity contribution in [3.05, 3.63) is 39.1 Å². The fourth-order valence-corrected chi connectivity index (χ4v) is 4.12. The van der Waals surface area contributed by atoms with Crippen molar-refractivity contribution in [2.75, 3.05) is 13.1 Å².